The van der Waals surface area contributed by atoms with Gasteiger partial charge in [0.2, 0.25) is 11.8 Å². The molecule has 3 aliphatic rings. The van der Waals surface area contributed by atoms with Crippen molar-refractivity contribution in [3.63, 3.8) is 0 Å². The lowest BCUT2D eigenvalue weighted by Crippen LogP contribution is -2.62. The summed E-state index contributed by atoms with van der Waals surface area (Å²) in [6, 6.07) is 12.2. The smallest absolute Gasteiger partial charge is 0.399 e. The van der Waals surface area contributed by atoms with Gasteiger partial charge in [-0.15, -0.1) is 11.3 Å². The maximum absolute atomic E-state index is 14.7. The molecule has 0 saturated carbocycles. The molecule has 0 spiro atoms. The fourth-order valence-corrected chi connectivity index (χ4v) is 9.64. The number of benzene rings is 2. The Hall–Kier alpha value is -5.06. The Kier molecular flexibility index (Phi) is 10.7. The molecule has 8 rings (SSSR count). The number of imidazole rings is 1. The summed E-state index contributed by atoms with van der Waals surface area (Å²) in [4.78, 5) is 75.4. The van der Waals surface area contributed by atoms with Crippen LogP contribution in [0.25, 0.3) is 15.8 Å². The third-order valence-corrected chi connectivity index (χ3v) is 13.4. The van der Waals surface area contributed by atoms with Crippen molar-refractivity contribution in [2.24, 2.45) is 0 Å². The summed E-state index contributed by atoms with van der Waals surface area (Å²) in [6.45, 7) is 4.07. The van der Waals surface area contributed by atoms with E-state index in [4.69, 9.17) is 4.74 Å². The average Bonchev–Trinajstić information content (AvgIpc) is 3.93. The lowest BCUT2D eigenvalue weighted by atomic mass is 9.92. The molecule has 304 valence electrons. The number of amides is 3. The summed E-state index contributed by atoms with van der Waals surface area (Å²) in [5.74, 6) is -0.321. The van der Waals surface area contributed by atoms with Crippen LogP contribution in [0.5, 0.6) is 5.75 Å². The number of methoxy groups -OCH3 is 1. The van der Waals surface area contributed by atoms with Crippen molar-refractivity contribution in [3.05, 3.63) is 107 Å². The predicted molar refractivity (Wildman–Crippen MR) is 211 cm³/mol. The molecule has 18 heteroatoms. The maximum Gasteiger partial charge on any atom is 0.399 e. The van der Waals surface area contributed by atoms with E-state index in [0.717, 1.165) is 46.0 Å². The molecule has 3 saturated heterocycles. The average molecular weight is 834 g/mol. The summed E-state index contributed by atoms with van der Waals surface area (Å²) >= 11 is 1.00. The van der Waals surface area contributed by atoms with Gasteiger partial charge in [-0.25, -0.2) is 4.98 Å². The largest absolute Gasteiger partial charge is 0.495 e. The number of carbonyl (C=O) groups excluding carboxylic acids is 3. The number of aryl methyl sites for hydroxylation is 1. The summed E-state index contributed by atoms with van der Waals surface area (Å²) in [7, 11) is -4.22. The normalized spacial score (nSPS) is 20.7. The van der Waals surface area contributed by atoms with Crippen LogP contribution < -0.4 is 10.1 Å². The number of rotatable bonds is 10. The molecule has 14 nitrogen and oxygen atoms in total. The van der Waals surface area contributed by atoms with E-state index in [-0.39, 0.29) is 40.6 Å². The van der Waals surface area contributed by atoms with Crippen LogP contribution in [0.3, 0.4) is 0 Å². The summed E-state index contributed by atoms with van der Waals surface area (Å²) < 4.78 is 48.7. The molecule has 3 atom stereocenters. The van der Waals surface area contributed by atoms with Crippen LogP contribution in [-0.4, -0.2) is 108 Å². The van der Waals surface area contributed by atoms with Gasteiger partial charge in [-0.3, -0.25) is 28.8 Å². The highest BCUT2D eigenvalue weighted by atomic mass is 32.1. The molecule has 0 radical (unpaired) electrons. The fourth-order valence-electron chi connectivity index (χ4n) is 8.21. The summed E-state index contributed by atoms with van der Waals surface area (Å²) in [5, 5.41) is 3.10. The zero-order chi connectivity index (χ0) is 40.9. The Morgan fingerprint density at radius 1 is 1.07 bits per heavy atom. The van der Waals surface area contributed by atoms with Crippen molar-refractivity contribution in [2.75, 3.05) is 33.3 Å². The van der Waals surface area contributed by atoms with E-state index < -0.39 is 36.8 Å². The molecule has 3 aromatic heterocycles. The minimum absolute atomic E-state index is 0.119. The molecule has 3 N–H and O–H groups in total. The predicted octanol–water partition coefficient (Wildman–Crippen LogP) is 5.02. The van der Waals surface area contributed by atoms with E-state index in [0.29, 0.717) is 55.9 Å². The molecule has 58 heavy (non-hydrogen) atoms. The van der Waals surface area contributed by atoms with Crippen LogP contribution in [0.4, 0.5) is 8.78 Å². The number of aromatic nitrogens is 3. The number of hydrogen-bond donors (Lipinski definition) is 3. The molecule has 0 unspecified atom stereocenters. The molecule has 3 aliphatic heterocycles. The van der Waals surface area contributed by atoms with Gasteiger partial charge in [0.1, 0.15) is 17.8 Å². The lowest BCUT2D eigenvalue weighted by Gasteiger charge is -2.44. The van der Waals surface area contributed by atoms with Crippen molar-refractivity contribution in [1.29, 1.82) is 0 Å². The molecule has 2 aromatic carbocycles. The number of carbonyl (C=O) groups is 3. The minimum Gasteiger partial charge on any atom is -0.495 e. The first-order valence-electron chi connectivity index (χ1n) is 18.9. The first-order chi connectivity index (χ1) is 27.7. The van der Waals surface area contributed by atoms with Crippen molar-refractivity contribution < 1.29 is 42.3 Å². The molecular formula is C40H42F2N7O7PS. The van der Waals surface area contributed by atoms with Crippen molar-refractivity contribution >= 4 is 46.7 Å². The van der Waals surface area contributed by atoms with E-state index in [9.17, 15) is 37.5 Å². The van der Waals surface area contributed by atoms with Gasteiger partial charge in [0, 0.05) is 73.5 Å². The van der Waals surface area contributed by atoms with Gasteiger partial charge < -0.3 is 34.2 Å². The monoisotopic (exact) mass is 833 g/mol. The second-order valence-corrected chi connectivity index (χ2v) is 17.9. The van der Waals surface area contributed by atoms with Crippen LogP contribution in [0.1, 0.15) is 57.2 Å². The molecule has 0 bridgehead atoms. The molecule has 3 amide bonds. The number of likely N-dealkylation sites (tertiary alicyclic amines) is 1. The van der Waals surface area contributed by atoms with Crippen molar-refractivity contribution in [1.82, 2.24) is 34.6 Å². The third-order valence-electron chi connectivity index (χ3n) is 11.3. The zero-order valence-corrected chi connectivity index (χ0v) is 33.4. The van der Waals surface area contributed by atoms with Gasteiger partial charge in [0.15, 0.2) is 0 Å². The summed E-state index contributed by atoms with van der Waals surface area (Å²) in [5.41, 5.74) is -1.65. The minimum atomic E-state index is -5.81. The first kappa shape index (κ1) is 39.8. The maximum atomic E-state index is 14.7. The Morgan fingerprint density at radius 2 is 1.88 bits per heavy atom. The van der Waals surface area contributed by atoms with E-state index in [1.54, 1.807) is 35.6 Å². The topological polar surface area (TPSA) is 170 Å². The van der Waals surface area contributed by atoms with Gasteiger partial charge in [0.25, 0.3) is 5.91 Å². The number of nitrogens with one attached hydrogen (secondary N) is 1. The Balaban J connectivity index is 1.05. The van der Waals surface area contributed by atoms with E-state index in [1.807, 2.05) is 48.0 Å². The highest BCUT2D eigenvalue weighted by molar-refractivity contribution is 7.52. The molecule has 0 aliphatic carbocycles. The summed E-state index contributed by atoms with van der Waals surface area (Å²) in [6.07, 6.45) is 8.86. The number of pyridine rings is 1. The van der Waals surface area contributed by atoms with Crippen molar-refractivity contribution in [3.8, 4) is 11.4 Å². The van der Waals surface area contributed by atoms with Gasteiger partial charge in [0.05, 0.1) is 29.7 Å². The zero-order valence-electron chi connectivity index (χ0n) is 31.7. The Labute approximate surface area is 336 Å². The first-order valence-corrected chi connectivity index (χ1v) is 21.3. The highest BCUT2D eigenvalue weighted by Crippen LogP contribution is 2.59. The highest BCUT2D eigenvalue weighted by Gasteiger charge is 2.51. The van der Waals surface area contributed by atoms with Crippen LogP contribution in [0.2, 0.25) is 0 Å². The van der Waals surface area contributed by atoms with Gasteiger partial charge in [-0.05, 0) is 79.1 Å². The molecular weight excluding hydrogens is 792 g/mol. The fraction of sp³-hybridized carbons (Fsp3) is 0.375. The van der Waals surface area contributed by atoms with Crippen molar-refractivity contribution in [2.45, 2.75) is 62.4 Å². The molecule has 3 fully saturated rings. The van der Waals surface area contributed by atoms with E-state index in [1.165, 1.54) is 12.1 Å². The standard InChI is InChI=1S/C40H42F2N7O7PS/c1-24-18-48(23-44-24)32-8-5-25(14-34(32)56-2)19-46-13-11-30-7-9-33(39(52)47-20-28(21-47)26-4-3-12-43-17-26)49(30)38(51)31(22-46)45-37(50)36-16-27-15-29(6-10-35(27)58-36)40(41,42)57(53,54)55/h3-6,8,10,12,14-18,23,28,30-31,33H,7,9,11,13,19-22H2,1-2H3,(H,45,50)(H2,53,54,55)/t30-,31+,33+/m1/s1. The van der Waals surface area contributed by atoms with Crippen LogP contribution in [-0.2, 0) is 26.4 Å². The van der Waals surface area contributed by atoms with Gasteiger partial charge in [-0.2, -0.15) is 8.78 Å². The Bertz CT molecular complexity index is 2420. The number of halogens is 2. The number of fused-ring (bicyclic) bond motifs is 2. The third kappa shape index (κ3) is 7.64. The van der Waals surface area contributed by atoms with E-state index >= 15 is 0 Å². The number of hydrogen-bond acceptors (Lipinski definition) is 9. The van der Waals surface area contributed by atoms with Crippen LogP contribution in [0.15, 0.2) is 79.5 Å². The van der Waals surface area contributed by atoms with Gasteiger partial charge >= 0.3 is 13.3 Å². The number of thiophene rings is 1. The van der Waals surface area contributed by atoms with Crippen LogP contribution >= 0.6 is 18.9 Å². The quantitative estimate of drug-likeness (QED) is 0.163. The molecule has 6 heterocycles. The van der Waals surface area contributed by atoms with Gasteiger partial charge in [-0.1, -0.05) is 18.2 Å². The SMILES string of the molecule is COc1cc(CN2CC[C@H]3CC[C@@H](C(=O)N4CC(c5cccnc5)C4)N3C(=O)[C@@H](NC(=O)c3cc4cc(C(F)(F)P(=O)(O)O)ccc4s3)C2)ccc1-n1cnc(C)c1. The van der Waals surface area contributed by atoms with Crippen LogP contribution in [0, 0.1) is 6.92 Å². The molecule has 5 aromatic rings. The number of ether oxygens (including phenoxy) is 1. The number of nitrogens with zero attached hydrogens (tertiary/aromatic N) is 6. The number of alkyl halides is 2. The second-order valence-electron chi connectivity index (χ2n) is 15.1. The second kappa shape index (κ2) is 15.6. The van der Waals surface area contributed by atoms with E-state index in [2.05, 4.69) is 20.2 Å². The Morgan fingerprint density at radius 3 is 2.59 bits per heavy atom. The lowest BCUT2D eigenvalue weighted by molar-refractivity contribution is -0.150.